The standard InChI is InChI=1S/C18H18O4/c1-13-3-2-4-14(11-13)9-10-22-18(21)8-6-15-5-7-16(19)17(20)12-15/h2-8,11-12,19-20H,9-10H2,1H3/b8-6+. The Kier molecular flexibility index (Phi) is 5.20. The number of phenols is 2. The molecule has 0 atom stereocenters. The van der Waals surface area contributed by atoms with E-state index in [4.69, 9.17) is 4.74 Å². The van der Waals surface area contributed by atoms with E-state index < -0.39 is 5.97 Å². The number of ether oxygens (including phenoxy) is 1. The van der Waals surface area contributed by atoms with Gasteiger partial charge in [0.25, 0.3) is 0 Å². The van der Waals surface area contributed by atoms with Gasteiger partial charge in [0.15, 0.2) is 11.5 Å². The number of hydrogen-bond donors (Lipinski definition) is 2. The Labute approximate surface area is 129 Å². The van der Waals surface area contributed by atoms with Crippen LogP contribution in [0, 0.1) is 6.92 Å². The van der Waals surface area contributed by atoms with Crippen LogP contribution >= 0.6 is 0 Å². The third-order valence-corrected chi connectivity index (χ3v) is 3.13. The Morgan fingerprint density at radius 2 is 1.95 bits per heavy atom. The molecule has 0 aromatic heterocycles. The van der Waals surface area contributed by atoms with Crippen LogP contribution in [0.2, 0.25) is 0 Å². The second kappa shape index (κ2) is 7.31. The molecule has 2 aromatic carbocycles. The number of phenolic OH excluding ortho intramolecular Hbond substituents is 2. The molecular formula is C18H18O4. The summed E-state index contributed by atoms with van der Waals surface area (Å²) in [6, 6.07) is 12.4. The lowest BCUT2D eigenvalue weighted by atomic mass is 10.1. The number of hydrogen-bond acceptors (Lipinski definition) is 4. The molecule has 4 nitrogen and oxygen atoms in total. The average Bonchev–Trinajstić information content (AvgIpc) is 2.48. The van der Waals surface area contributed by atoms with Crippen LogP contribution in [0.25, 0.3) is 6.08 Å². The van der Waals surface area contributed by atoms with Crippen molar-refractivity contribution in [2.24, 2.45) is 0 Å². The Hall–Kier alpha value is -2.75. The molecule has 0 saturated carbocycles. The zero-order valence-electron chi connectivity index (χ0n) is 12.3. The number of rotatable bonds is 5. The van der Waals surface area contributed by atoms with Crippen molar-refractivity contribution in [1.29, 1.82) is 0 Å². The highest BCUT2D eigenvalue weighted by atomic mass is 16.5. The first-order valence-corrected chi connectivity index (χ1v) is 6.97. The van der Waals surface area contributed by atoms with Gasteiger partial charge in [-0.15, -0.1) is 0 Å². The molecule has 2 aromatic rings. The monoisotopic (exact) mass is 298 g/mol. The second-order valence-corrected chi connectivity index (χ2v) is 4.99. The third-order valence-electron chi connectivity index (χ3n) is 3.13. The quantitative estimate of drug-likeness (QED) is 0.505. The number of carbonyl (C=O) groups is 1. The van der Waals surface area contributed by atoms with Crippen LogP contribution in [-0.2, 0) is 16.0 Å². The van der Waals surface area contributed by atoms with Crippen molar-refractivity contribution in [3.8, 4) is 11.5 Å². The molecule has 0 unspecified atom stereocenters. The minimum atomic E-state index is -0.444. The van der Waals surface area contributed by atoms with E-state index in [-0.39, 0.29) is 11.5 Å². The number of esters is 1. The Morgan fingerprint density at radius 3 is 2.68 bits per heavy atom. The fourth-order valence-corrected chi connectivity index (χ4v) is 1.99. The molecule has 0 saturated heterocycles. The summed E-state index contributed by atoms with van der Waals surface area (Å²) < 4.78 is 5.12. The van der Waals surface area contributed by atoms with Crippen LogP contribution in [-0.4, -0.2) is 22.8 Å². The molecule has 0 aliphatic heterocycles. The van der Waals surface area contributed by atoms with Crippen molar-refractivity contribution in [3.05, 3.63) is 65.2 Å². The highest BCUT2D eigenvalue weighted by molar-refractivity contribution is 5.87. The summed E-state index contributed by atoms with van der Waals surface area (Å²) in [7, 11) is 0. The predicted molar refractivity (Wildman–Crippen MR) is 84.6 cm³/mol. The molecule has 0 aliphatic rings. The molecule has 2 N–H and O–H groups in total. The smallest absolute Gasteiger partial charge is 0.330 e. The van der Waals surface area contributed by atoms with E-state index in [1.807, 2.05) is 25.1 Å². The molecule has 0 fully saturated rings. The fourth-order valence-electron chi connectivity index (χ4n) is 1.99. The summed E-state index contributed by atoms with van der Waals surface area (Å²) in [5, 5.41) is 18.6. The molecule has 22 heavy (non-hydrogen) atoms. The van der Waals surface area contributed by atoms with E-state index in [1.165, 1.54) is 29.8 Å². The number of benzene rings is 2. The molecule has 0 amide bonds. The van der Waals surface area contributed by atoms with Crippen LogP contribution in [0.4, 0.5) is 0 Å². The number of aryl methyl sites for hydroxylation is 1. The molecule has 0 aliphatic carbocycles. The number of carbonyl (C=O) groups excluding carboxylic acids is 1. The van der Waals surface area contributed by atoms with Gasteiger partial charge in [-0.25, -0.2) is 4.79 Å². The largest absolute Gasteiger partial charge is 0.504 e. The first-order chi connectivity index (χ1) is 10.5. The summed E-state index contributed by atoms with van der Waals surface area (Å²) in [6.07, 6.45) is 3.48. The van der Waals surface area contributed by atoms with E-state index in [0.717, 1.165) is 5.56 Å². The van der Waals surface area contributed by atoms with Gasteiger partial charge in [-0.3, -0.25) is 0 Å². The average molecular weight is 298 g/mol. The van der Waals surface area contributed by atoms with Gasteiger partial charge in [0.1, 0.15) is 0 Å². The van der Waals surface area contributed by atoms with E-state index in [0.29, 0.717) is 18.6 Å². The van der Waals surface area contributed by atoms with Crippen LogP contribution in [0.1, 0.15) is 16.7 Å². The van der Waals surface area contributed by atoms with E-state index in [2.05, 4.69) is 6.07 Å². The van der Waals surface area contributed by atoms with Crippen LogP contribution in [0.5, 0.6) is 11.5 Å². The van der Waals surface area contributed by atoms with Gasteiger partial charge in [0.05, 0.1) is 6.61 Å². The number of aromatic hydroxyl groups is 2. The maximum Gasteiger partial charge on any atom is 0.330 e. The van der Waals surface area contributed by atoms with Crippen molar-refractivity contribution in [2.75, 3.05) is 6.61 Å². The zero-order valence-corrected chi connectivity index (χ0v) is 12.3. The van der Waals surface area contributed by atoms with Gasteiger partial charge >= 0.3 is 5.97 Å². The van der Waals surface area contributed by atoms with Crippen LogP contribution in [0.15, 0.2) is 48.5 Å². The molecule has 0 radical (unpaired) electrons. The summed E-state index contributed by atoms with van der Waals surface area (Å²) >= 11 is 0. The first-order valence-electron chi connectivity index (χ1n) is 6.97. The molecule has 0 spiro atoms. The highest BCUT2D eigenvalue weighted by Gasteiger charge is 2.01. The second-order valence-electron chi connectivity index (χ2n) is 4.99. The fraction of sp³-hybridized carbons (Fsp3) is 0.167. The Bertz CT molecular complexity index is 689. The third kappa shape index (κ3) is 4.66. The minimum Gasteiger partial charge on any atom is -0.504 e. The summed E-state index contributed by atoms with van der Waals surface area (Å²) in [5.41, 5.74) is 2.90. The van der Waals surface area contributed by atoms with Gasteiger partial charge in [-0.2, -0.15) is 0 Å². The molecule has 114 valence electrons. The lowest BCUT2D eigenvalue weighted by Gasteiger charge is -2.03. The predicted octanol–water partition coefficient (Wildman–Crippen LogP) is 3.21. The van der Waals surface area contributed by atoms with Crippen molar-refractivity contribution < 1.29 is 19.7 Å². The van der Waals surface area contributed by atoms with Crippen molar-refractivity contribution in [1.82, 2.24) is 0 Å². The van der Waals surface area contributed by atoms with Gasteiger partial charge in [-0.1, -0.05) is 35.9 Å². The van der Waals surface area contributed by atoms with E-state index in [9.17, 15) is 15.0 Å². The highest BCUT2D eigenvalue weighted by Crippen LogP contribution is 2.25. The lowest BCUT2D eigenvalue weighted by molar-refractivity contribution is -0.137. The molecule has 2 rings (SSSR count). The van der Waals surface area contributed by atoms with Gasteiger partial charge < -0.3 is 14.9 Å². The topological polar surface area (TPSA) is 66.8 Å². The molecule has 0 heterocycles. The molecule has 4 heteroatoms. The zero-order chi connectivity index (χ0) is 15.9. The van der Waals surface area contributed by atoms with Gasteiger partial charge in [0, 0.05) is 12.5 Å². The Morgan fingerprint density at radius 1 is 1.14 bits per heavy atom. The summed E-state index contributed by atoms with van der Waals surface area (Å²) in [4.78, 5) is 11.6. The maximum atomic E-state index is 11.6. The molecular weight excluding hydrogens is 280 g/mol. The van der Waals surface area contributed by atoms with Crippen LogP contribution < -0.4 is 0 Å². The van der Waals surface area contributed by atoms with Crippen molar-refractivity contribution >= 4 is 12.0 Å². The van der Waals surface area contributed by atoms with Gasteiger partial charge in [-0.05, 0) is 36.3 Å². The SMILES string of the molecule is Cc1cccc(CCOC(=O)/C=C/c2ccc(O)c(O)c2)c1. The molecule has 0 bridgehead atoms. The summed E-state index contributed by atoms with van der Waals surface area (Å²) in [5.74, 6) is -0.868. The Balaban J connectivity index is 1.82. The van der Waals surface area contributed by atoms with Crippen LogP contribution in [0.3, 0.4) is 0 Å². The van der Waals surface area contributed by atoms with E-state index >= 15 is 0 Å². The lowest BCUT2D eigenvalue weighted by Crippen LogP contribution is -2.04. The summed E-state index contributed by atoms with van der Waals surface area (Å²) in [6.45, 7) is 2.33. The normalized spacial score (nSPS) is 10.8. The first kappa shape index (κ1) is 15.6. The van der Waals surface area contributed by atoms with Gasteiger partial charge in [0.2, 0.25) is 0 Å². The maximum absolute atomic E-state index is 11.6. The van der Waals surface area contributed by atoms with Crippen molar-refractivity contribution in [3.63, 3.8) is 0 Å². The van der Waals surface area contributed by atoms with Crippen molar-refractivity contribution in [2.45, 2.75) is 13.3 Å². The minimum absolute atomic E-state index is 0.196. The van der Waals surface area contributed by atoms with E-state index in [1.54, 1.807) is 6.07 Å².